The van der Waals surface area contributed by atoms with Gasteiger partial charge in [-0.3, -0.25) is 9.59 Å². The van der Waals surface area contributed by atoms with Gasteiger partial charge in [0.05, 0.1) is 11.6 Å². The molecule has 1 aromatic rings. The van der Waals surface area contributed by atoms with Crippen LogP contribution >= 0.6 is 11.6 Å². The van der Waals surface area contributed by atoms with Gasteiger partial charge in [-0.25, -0.2) is 0 Å². The number of hydrogen-bond donors (Lipinski definition) is 0. The molecular weight excluding hydrogens is 286 g/mol. The van der Waals surface area contributed by atoms with E-state index in [2.05, 4.69) is 6.92 Å². The van der Waals surface area contributed by atoms with Crippen molar-refractivity contribution in [2.75, 3.05) is 13.1 Å². The Morgan fingerprint density at radius 1 is 1.33 bits per heavy atom. The maximum atomic E-state index is 12.3. The first-order valence-electron chi connectivity index (χ1n) is 7.67. The summed E-state index contributed by atoms with van der Waals surface area (Å²) in [6, 6.07) is 7.01. The Morgan fingerprint density at radius 3 is 2.81 bits per heavy atom. The molecule has 1 unspecified atom stereocenters. The first kappa shape index (κ1) is 16.0. The number of nitrogens with zero attached hydrogens (tertiary/aromatic N) is 1. The van der Waals surface area contributed by atoms with Gasteiger partial charge in [-0.05, 0) is 30.9 Å². The average Bonchev–Trinajstić information content (AvgIpc) is 2.64. The topological polar surface area (TPSA) is 37.4 Å². The fourth-order valence-corrected chi connectivity index (χ4v) is 3.14. The molecule has 1 fully saturated rings. The molecule has 21 heavy (non-hydrogen) atoms. The molecule has 1 saturated heterocycles. The maximum Gasteiger partial charge on any atom is 0.222 e. The highest BCUT2D eigenvalue weighted by molar-refractivity contribution is 6.34. The van der Waals surface area contributed by atoms with Crippen molar-refractivity contribution in [3.8, 4) is 0 Å². The average molecular weight is 308 g/mol. The second kappa shape index (κ2) is 7.60. The molecule has 0 bridgehead atoms. The number of benzene rings is 1. The van der Waals surface area contributed by atoms with Crippen LogP contribution < -0.4 is 0 Å². The van der Waals surface area contributed by atoms with E-state index in [4.69, 9.17) is 11.6 Å². The van der Waals surface area contributed by atoms with Crippen molar-refractivity contribution in [3.05, 3.63) is 34.9 Å². The fraction of sp³-hybridized carbons (Fsp3) is 0.529. The molecule has 4 heteroatoms. The molecular formula is C17H22ClNO2. The highest BCUT2D eigenvalue weighted by Crippen LogP contribution is 2.23. The van der Waals surface area contributed by atoms with Gasteiger partial charge in [-0.1, -0.05) is 43.5 Å². The Bertz CT molecular complexity index is 515. The molecule has 3 nitrogen and oxygen atoms in total. The van der Waals surface area contributed by atoms with Gasteiger partial charge in [0, 0.05) is 18.5 Å². The van der Waals surface area contributed by atoms with Crippen LogP contribution in [0.2, 0.25) is 5.02 Å². The lowest BCUT2D eigenvalue weighted by molar-refractivity contribution is -0.130. The lowest BCUT2D eigenvalue weighted by Crippen LogP contribution is -2.35. The molecule has 0 aromatic heterocycles. The highest BCUT2D eigenvalue weighted by Gasteiger charge is 2.24. The maximum absolute atomic E-state index is 12.3. The van der Waals surface area contributed by atoms with E-state index in [1.165, 1.54) is 6.42 Å². The Hall–Kier alpha value is -1.35. The van der Waals surface area contributed by atoms with Crippen LogP contribution in [0, 0.1) is 5.92 Å². The third kappa shape index (κ3) is 4.31. The second-order valence-corrected chi connectivity index (χ2v) is 6.11. The van der Waals surface area contributed by atoms with Crippen molar-refractivity contribution in [1.82, 2.24) is 4.90 Å². The van der Waals surface area contributed by atoms with Crippen molar-refractivity contribution in [2.24, 2.45) is 5.92 Å². The van der Waals surface area contributed by atoms with E-state index in [9.17, 15) is 9.59 Å². The van der Waals surface area contributed by atoms with Crippen LogP contribution in [0.3, 0.4) is 0 Å². The Balaban J connectivity index is 2.00. The van der Waals surface area contributed by atoms with Crippen LogP contribution in [0.4, 0.5) is 0 Å². The zero-order chi connectivity index (χ0) is 15.2. The van der Waals surface area contributed by atoms with Crippen LogP contribution in [-0.2, 0) is 4.79 Å². The predicted molar refractivity (Wildman–Crippen MR) is 84.6 cm³/mol. The predicted octanol–water partition coefficient (Wildman–Crippen LogP) is 3.95. The van der Waals surface area contributed by atoms with Crippen LogP contribution in [0.1, 0.15) is 49.4 Å². The molecule has 1 amide bonds. The standard InChI is InChI=1S/C17H22ClNO2/c1-2-5-13-8-9-17(21)19(11-10-13)12-16(20)14-6-3-4-7-15(14)18/h3-4,6-7,13H,2,5,8-12H2,1H3. The van der Waals surface area contributed by atoms with Crippen molar-refractivity contribution in [3.63, 3.8) is 0 Å². The molecule has 2 rings (SSSR count). The number of ketones is 1. The lowest BCUT2D eigenvalue weighted by Gasteiger charge is -2.20. The number of hydrogen-bond acceptors (Lipinski definition) is 2. The van der Waals surface area contributed by atoms with Crippen LogP contribution in [0.25, 0.3) is 0 Å². The number of halogens is 1. The van der Waals surface area contributed by atoms with Crippen molar-refractivity contribution < 1.29 is 9.59 Å². The van der Waals surface area contributed by atoms with Gasteiger partial charge in [0.2, 0.25) is 5.91 Å². The zero-order valence-corrected chi connectivity index (χ0v) is 13.2. The summed E-state index contributed by atoms with van der Waals surface area (Å²) in [5.74, 6) is 0.622. The van der Waals surface area contributed by atoms with Crippen LogP contribution in [0.15, 0.2) is 24.3 Å². The van der Waals surface area contributed by atoms with E-state index < -0.39 is 0 Å². The molecule has 0 radical (unpaired) electrons. The molecule has 1 heterocycles. The summed E-state index contributed by atoms with van der Waals surface area (Å²) in [5, 5.41) is 0.452. The minimum atomic E-state index is -0.0807. The Morgan fingerprint density at radius 2 is 2.10 bits per heavy atom. The van der Waals surface area contributed by atoms with E-state index in [1.807, 2.05) is 0 Å². The molecule has 0 N–H and O–H groups in total. The molecule has 1 aliphatic heterocycles. The normalized spacial score (nSPS) is 19.4. The SMILES string of the molecule is CCCC1CCC(=O)N(CC(=O)c2ccccc2Cl)CC1. The lowest BCUT2D eigenvalue weighted by atomic mass is 9.96. The molecule has 1 aliphatic rings. The molecule has 0 spiro atoms. The first-order valence-corrected chi connectivity index (χ1v) is 8.05. The van der Waals surface area contributed by atoms with Gasteiger partial charge >= 0.3 is 0 Å². The molecule has 0 saturated carbocycles. The summed E-state index contributed by atoms with van der Waals surface area (Å²) in [6.45, 7) is 2.99. The number of rotatable bonds is 5. The van der Waals surface area contributed by atoms with Crippen LogP contribution in [0.5, 0.6) is 0 Å². The van der Waals surface area contributed by atoms with Gasteiger partial charge in [0.1, 0.15) is 0 Å². The highest BCUT2D eigenvalue weighted by atomic mass is 35.5. The van der Waals surface area contributed by atoms with Crippen molar-refractivity contribution in [2.45, 2.75) is 39.0 Å². The number of likely N-dealkylation sites (tertiary alicyclic amines) is 1. The molecule has 1 aromatic carbocycles. The molecule has 114 valence electrons. The number of carbonyl (C=O) groups is 2. The smallest absolute Gasteiger partial charge is 0.222 e. The first-order chi connectivity index (χ1) is 10.1. The Labute approximate surface area is 131 Å². The minimum absolute atomic E-state index is 0.0807. The van der Waals surface area contributed by atoms with E-state index in [1.54, 1.807) is 29.2 Å². The monoisotopic (exact) mass is 307 g/mol. The zero-order valence-electron chi connectivity index (χ0n) is 12.5. The van der Waals surface area contributed by atoms with Crippen molar-refractivity contribution in [1.29, 1.82) is 0 Å². The molecule has 0 aliphatic carbocycles. The number of amides is 1. The van der Waals surface area contributed by atoms with Gasteiger partial charge < -0.3 is 4.90 Å². The van der Waals surface area contributed by atoms with E-state index in [0.29, 0.717) is 29.5 Å². The summed E-state index contributed by atoms with van der Waals surface area (Å²) < 4.78 is 0. The second-order valence-electron chi connectivity index (χ2n) is 5.70. The summed E-state index contributed by atoms with van der Waals surface area (Å²) >= 11 is 6.05. The summed E-state index contributed by atoms with van der Waals surface area (Å²) in [4.78, 5) is 26.2. The minimum Gasteiger partial charge on any atom is -0.335 e. The van der Waals surface area contributed by atoms with Gasteiger partial charge in [-0.15, -0.1) is 0 Å². The summed E-state index contributed by atoms with van der Waals surface area (Å²) in [6.07, 6.45) is 4.82. The number of carbonyl (C=O) groups excluding carboxylic acids is 2. The van der Waals surface area contributed by atoms with Crippen molar-refractivity contribution >= 4 is 23.3 Å². The van der Waals surface area contributed by atoms with E-state index in [0.717, 1.165) is 19.3 Å². The summed E-state index contributed by atoms with van der Waals surface area (Å²) in [5.41, 5.74) is 0.501. The fourth-order valence-electron chi connectivity index (χ4n) is 2.90. The quantitative estimate of drug-likeness (QED) is 0.772. The largest absolute Gasteiger partial charge is 0.335 e. The van der Waals surface area contributed by atoms with Gasteiger partial charge in [0.15, 0.2) is 5.78 Å². The third-order valence-electron chi connectivity index (χ3n) is 4.13. The molecule has 1 atom stereocenters. The van der Waals surface area contributed by atoms with Gasteiger partial charge in [-0.2, -0.15) is 0 Å². The number of Topliss-reactive ketones (excluding diaryl/α,β-unsaturated/α-hetero) is 1. The summed E-state index contributed by atoms with van der Waals surface area (Å²) in [7, 11) is 0. The van der Waals surface area contributed by atoms with Gasteiger partial charge in [0.25, 0.3) is 0 Å². The van der Waals surface area contributed by atoms with E-state index >= 15 is 0 Å². The van der Waals surface area contributed by atoms with Crippen LogP contribution in [-0.4, -0.2) is 29.7 Å². The Kier molecular flexibility index (Phi) is 5.80. The third-order valence-corrected chi connectivity index (χ3v) is 4.46. The van der Waals surface area contributed by atoms with E-state index in [-0.39, 0.29) is 18.2 Å².